The summed E-state index contributed by atoms with van der Waals surface area (Å²) in [5.74, 6) is -0.475. The number of unbranched alkanes of at least 4 members (excludes halogenated alkanes) is 30. The van der Waals surface area contributed by atoms with Crippen LogP contribution in [-0.4, -0.2) is 46.9 Å². The molecule has 336 valence electrons. The van der Waals surface area contributed by atoms with E-state index in [1.54, 1.807) is 0 Å². The maximum absolute atomic E-state index is 13.2. The number of carbonyl (C=O) groups is 2. The Labute approximate surface area is 354 Å². The zero-order valence-corrected chi connectivity index (χ0v) is 38.2. The Balaban J connectivity index is 4.56. The van der Waals surface area contributed by atoms with Crippen LogP contribution in [0.4, 0.5) is 0 Å². The minimum Gasteiger partial charge on any atom is -0.462 e. The van der Waals surface area contributed by atoms with Crippen LogP contribution < -0.4 is 5.32 Å². The van der Waals surface area contributed by atoms with Crippen molar-refractivity contribution in [2.75, 3.05) is 6.61 Å². The summed E-state index contributed by atoms with van der Waals surface area (Å²) in [6.07, 6.45) is 50.9. The van der Waals surface area contributed by atoms with Gasteiger partial charge in [0, 0.05) is 6.42 Å². The molecule has 0 saturated heterocycles. The molecule has 0 aromatic carbocycles. The first kappa shape index (κ1) is 55.3. The number of aliphatic hydroxyl groups is 2. The molecule has 0 aromatic heterocycles. The van der Waals surface area contributed by atoms with Crippen molar-refractivity contribution < 1.29 is 24.5 Å². The second-order valence-electron chi connectivity index (χ2n) is 17.3. The molecule has 3 unspecified atom stereocenters. The van der Waals surface area contributed by atoms with E-state index in [-0.39, 0.29) is 24.9 Å². The standard InChI is InChI=1S/C51H97NO5/c1-4-7-10-13-16-19-22-24-25-26-29-32-35-38-41-44-51(56)57-47(42-39-36-33-30-28-23-20-17-14-11-8-5-2)45-50(55)52-48(46-53)49(54)43-40-37-34-31-27-21-18-15-12-9-6-3/h16,19,22,24,47-49,53-54H,4-15,17-18,20-21,23,25-46H2,1-3H3,(H,52,55)/b19-16+,24-22+. The average Bonchev–Trinajstić information content (AvgIpc) is 3.20. The van der Waals surface area contributed by atoms with Crippen molar-refractivity contribution in [1.29, 1.82) is 0 Å². The first-order chi connectivity index (χ1) is 28.0. The summed E-state index contributed by atoms with van der Waals surface area (Å²) in [5, 5.41) is 23.7. The Hall–Kier alpha value is -1.66. The number of allylic oxidation sites excluding steroid dienone is 4. The van der Waals surface area contributed by atoms with Gasteiger partial charge in [0.25, 0.3) is 0 Å². The van der Waals surface area contributed by atoms with Crippen LogP contribution in [0.25, 0.3) is 0 Å². The third-order valence-electron chi connectivity index (χ3n) is 11.6. The highest BCUT2D eigenvalue weighted by Crippen LogP contribution is 2.18. The zero-order valence-electron chi connectivity index (χ0n) is 38.2. The molecule has 0 spiro atoms. The van der Waals surface area contributed by atoms with Crippen molar-refractivity contribution in [2.24, 2.45) is 0 Å². The molecule has 3 atom stereocenters. The third-order valence-corrected chi connectivity index (χ3v) is 11.6. The second kappa shape index (κ2) is 45.4. The predicted octanol–water partition coefficient (Wildman–Crippen LogP) is 14.7. The maximum Gasteiger partial charge on any atom is 0.306 e. The summed E-state index contributed by atoms with van der Waals surface area (Å²) in [5.41, 5.74) is 0. The molecule has 1 amide bonds. The topological polar surface area (TPSA) is 95.9 Å². The molecular formula is C51H97NO5. The molecule has 6 heteroatoms. The summed E-state index contributed by atoms with van der Waals surface area (Å²) >= 11 is 0. The van der Waals surface area contributed by atoms with Gasteiger partial charge in [-0.05, 0) is 51.4 Å². The van der Waals surface area contributed by atoms with Gasteiger partial charge in [0.1, 0.15) is 6.10 Å². The van der Waals surface area contributed by atoms with Crippen LogP contribution in [0.15, 0.2) is 24.3 Å². The highest BCUT2D eigenvalue weighted by molar-refractivity contribution is 5.77. The maximum atomic E-state index is 13.2. The molecule has 6 nitrogen and oxygen atoms in total. The Bertz CT molecular complexity index is 904. The molecule has 0 aliphatic carbocycles. The van der Waals surface area contributed by atoms with E-state index >= 15 is 0 Å². The SMILES string of the molecule is CCCCC/C=C/C=C/CCCCCCCCC(=O)OC(CCCCCCCCCCCCCC)CC(=O)NC(CO)C(O)CCCCCCCCCCCCC. The highest BCUT2D eigenvalue weighted by atomic mass is 16.5. The van der Waals surface area contributed by atoms with Gasteiger partial charge in [0.15, 0.2) is 0 Å². The molecule has 0 aliphatic rings. The van der Waals surface area contributed by atoms with E-state index in [1.165, 1.54) is 167 Å². The van der Waals surface area contributed by atoms with E-state index in [0.29, 0.717) is 19.3 Å². The quantitative estimate of drug-likeness (QED) is 0.0324. The lowest BCUT2D eigenvalue weighted by molar-refractivity contribution is -0.151. The molecule has 3 N–H and O–H groups in total. The van der Waals surface area contributed by atoms with E-state index in [1.807, 2.05) is 0 Å². The molecule has 0 radical (unpaired) electrons. The molecule has 0 aromatic rings. The number of carbonyl (C=O) groups excluding carboxylic acids is 2. The number of rotatable bonds is 45. The first-order valence-electron chi connectivity index (χ1n) is 25.1. The lowest BCUT2D eigenvalue weighted by Gasteiger charge is -2.24. The van der Waals surface area contributed by atoms with Crippen LogP contribution in [-0.2, 0) is 14.3 Å². The van der Waals surface area contributed by atoms with Crippen LogP contribution in [0.3, 0.4) is 0 Å². The molecule has 0 rings (SSSR count). The predicted molar refractivity (Wildman–Crippen MR) is 246 cm³/mol. The molecule has 57 heavy (non-hydrogen) atoms. The van der Waals surface area contributed by atoms with Crippen LogP contribution >= 0.6 is 0 Å². The fourth-order valence-electron chi connectivity index (χ4n) is 7.72. The van der Waals surface area contributed by atoms with Crippen molar-refractivity contribution in [3.05, 3.63) is 24.3 Å². The largest absolute Gasteiger partial charge is 0.462 e. The summed E-state index contributed by atoms with van der Waals surface area (Å²) in [4.78, 5) is 26.1. The molecule has 0 aliphatic heterocycles. The third kappa shape index (κ3) is 40.9. The molecule has 0 heterocycles. The van der Waals surface area contributed by atoms with E-state index < -0.39 is 18.2 Å². The number of aliphatic hydroxyl groups excluding tert-OH is 2. The molecule has 0 saturated carbocycles. The Kier molecular flexibility index (Phi) is 44.1. The fraction of sp³-hybridized carbons (Fsp3) is 0.882. The Morgan fingerprint density at radius 1 is 0.509 bits per heavy atom. The Morgan fingerprint density at radius 3 is 1.33 bits per heavy atom. The summed E-state index contributed by atoms with van der Waals surface area (Å²) in [6, 6.07) is -0.697. The van der Waals surface area contributed by atoms with E-state index in [2.05, 4.69) is 50.4 Å². The number of amides is 1. The number of ether oxygens (including phenoxy) is 1. The van der Waals surface area contributed by atoms with Crippen LogP contribution in [0.1, 0.15) is 265 Å². The van der Waals surface area contributed by atoms with Crippen LogP contribution in [0, 0.1) is 0 Å². The van der Waals surface area contributed by atoms with Gasteiger partial charge in [0.05, 0.1) is 25.2 Å². The summed E-state index contributed by atoms with van der Waals surface area (Å²) in [6.45, 7) is 6.45. The minimum atomic E-state index is -0.784. The number of nitrogens with one attached hydrogen (secondary N) is 1. The number of hydrogen-bond donors (Lipinski definition) is 3. The monoisotopic (exact) mass is 804 g/mol. The lowest BCUT2D eigenvalue weighted by Crippen LogP contribution is -2.46. The second-order valence-corrected chi connectivity index (χ2v) is 17.3. The smallest absolute Gasteiger partial charge is 0.306 e. The summed E-state index contributed by atoms with van der Waals surface area (Å²) < 4.78 is 5.92. The van der Waals surface area contributed by atoms with Crippen LogP contribution in [0.2, 0.25) is 0 Å². The van der Waals surface area contributed by atoms with Gasteiger partial charge >= 0.3 is 5.97 Å². The summed E-state index contributed by atoms with van der Waals surface area (Å²) in [7, 11) is 0. The van der Waals surface area contributed by atoms with Crippen molar-refractivity contribution >= 4 is 11.9 Å². The van der Waals surface area contributed by atoms with Gasteiger partial charge in [-0.1, -0.05) is 225 Å². The van der Waals surface area contributed by atoms with Gasteiger partial charge < -0.3 is 20.3 Å². The van der Waals surface area contributed by atoms with Crippen molar-refractivity contribution in [2.45, 2.75) is 283 Å². The Morgan fingerprint density at radius 2 is 0.877 bits per heavy atom. The fourth-order valence-corrected chi connectivity index (χ4v) is 7.72. The average molecular weight is 804 g/mol. The minimum absolute atomic E-state index is 0.0779. The number of hydrogen-bond acceptors (Lipinski definition) is 5. The van der Waals surface area contributed by atoms with Gasteiger partial charge in [-0.2, -0.15) is 0 Å². The normalized spacial score (nSPS) is 13.4. The molecular weight excluding hydrogens is 707 g/mol. The molecule has 0 bridgehead atoms. The highest BCUT2D eigenvalue weighted by Gasteiger charge is 2.24. The van der Waals surface area contributed by atoms with E-state index in [4.69, 9.17) is 4.74 Å². The van der Waals surface area contributed by atoms with Crippen molar-refractivity contribution in [1.82, 2.24) is 5.32 Å². The van der Waals surface area contributed by atoms with Gasteiger partial charge in [-0.15, -0.1) is 0 Å². The van der Waals surface area contributed by atoms with Crippen LogP contribution in [0.5, 0.6) is 0 Å². The van der Waals surface area contributed by atoms with Gasteiger partial charge in [-0.25, -0.2) is 0 Å². The van der Waals surface area contributed by atoms with E-state index in [0.717, 1.165) is 51.4 Å². The van der Waals surface area contributed by atoms with Gasteiger partial charge in [0.2, 0.25) is 5.91 Å². The van der Waals surface area contributed by atoms with Crippen molar-refractivity contribution in [3.8, 4) is 0 Å². The van der Waals surface area contributed by atoms with Crippen molar-refractivity contribution in [3.63, 3.8) is 0 Å². The van der Waals surface area contributed by atoms with E-state index in [9.17, 15) is 19.8 Å². The first-order valence-corrected chi connectivity index (χ1v) is 25.1. The zero-order chi connectivity index (χ0) is 41.7. The number of esters is 1. The molecule has 0 fully saturated rings. The van der Waals surface area contributed by atoms with Gasteiger partial charge in [-0.3, -0.25) is 9.59 Å². The lowest BCUT2D eigenvalue weighted by atomic mass is 10.0.